The Labute approximate surface area is 211 Å². The number of rotatable bonds is 6. The zero-order chi connectivity index (χ0) is 24.5. The van der Waals surface area contributed by atoms with E-state index in [1.165, 1.54) is 6.07 Å². The highest BCUT2D eigenvalue weighted by Crippen LogP contribution is 2.43. The monoisotopic (exact) mass is 505 g/mol. The van der Waals surface area contributed by atoms with Crippen LogP contribution in [0, 0.1) is 10.1 Å². The van der Waals surface area contributed by atoms with Crippen molar-refractivity contribution in [3.8, 4) is 11.4 Å². The number of hydrogen-bond donors (Lipinski definition) is 1. The van der Waals surface area contributed by atoms with Gasteiger partial charge in [-0.1, -0.05) is 23.7 Å². The molecule has 1 aliphatic heterocycles. The molecule has 176 valence electrons. The minimum Gasteiger partial charge on any atom is -0.495 e. The maximum atomic E-state index is 11.4. The van der Waals surface area contributed by atoms with Crippen LogP contribution >= 0.6 is 23.8 Å². The molecule has 0 aliphatic carbocycles. The van der Waals surface area contributed by atoms with E-state index in [9.17, 15) is 10.1 Å². The highest BCUT2D eigenvalue weighted by Gasteiger charge is 2.42. The summed E-state index contributed by atoms with van der Waals surface area (Å²) in [4.78, 5) is 17.6. The predicted molar refractivity (Wildman–Crippen MR) is 138 cm³/mol. The highest BCUT2D eigenvalue weighted by atomic mass is 35.5. The Balaban J connectivity index is 1.67. The van der Waals surface area contributed by atoms with Crippen LogP contribution < -0.4 is 15.0 Å². The summed E-state index contributed by atoms with van der Waals surface area (Å²) in [5.74, 6) is 0.561. The molecule has 0 amide bonds. The number of nitrogens with zero attached hydrogens (tertiary/aromatic N) is 4. The van der Waals surface area contributed by atoms with Crippen LogP contribution in [0.3, 0.4) is 0 Å². The largest absolute Gasteiger partial charge is 0.495 e. The van der Waals surface area contributed by atoms with Crippen LogP contribution in [0.15, 0.2) is 85.2 Å². The van der Waals surface area contributed by atoms with E-state index in [0.717, 1.165) is 17.1 Å². The molecule has 0 unspecified atom stereocenters. The van der Waals surface area contributed by atoms with E-state index in [0.29, 0.717) is 21.6 Å². The van der Waals surface area contributed by atoms with Gasteiger partial charge in [-0.2, -0.15) is 0 Å². The first kappa shape index (κ1) is 22.8. The fourth-order valence-corrected chi connectivity index (χ4v) is 4.96. The number of benzene rings is 2. The average Bonchev–Trinajstić information content (AvgIpc) is 3.49. The average molecular weight is 506 g/mol. The number of pyridine rings is 1. The third-order valence-corrected chi connectivity index (χ3v) is 6.52. The van der Waals surface area contributed by atoms with Crippen molar-refractivity contribution in [3.05, 3.63) is 112 Å². The lowest BCUT2D eigenvalue weighted by atomic mass is 10.0. The topological polar surface area (TPSA) is 85.5 Å². The van der Waals surface area contributed by atoms with Crippen LogP contribution in [0.5, 0.6) is 5.75 Å². The van der Waals surface area contributed by atoms with Crippen molar-refractivity contribution in [1.82, 2.24) is 14.9 Å². The number of thiocarbonyl (C=S) groups is 1. The summed E-state index contributed by atoms with van der Waals surface area (Å²) in [6.07, 6.45) is 3.62. The molecule has 1 saturated heterocycles. The first-order chi connectivity index (χ1) is 17.0. The van der Waals surface area contributed by atoms with E-state index in [1.54, 1.807) is 31.5 Å². The van der Waals surface area contributed by atoms with Gasteiger partial charge in [-0.05, 0) is 60.7 Å². The van der Waals surface area contributed by atoms with Crippen molar-refractivity contribution >= 4 is 40.3 Å². The third-order valence-electron chi connectivity index (χ3n) is 5.91. The van der Waals surface area contributed by atoms with Gasteiger partial charge in [0.1, 0.15) is 11.8 Å². The number of halogens is 1. The zero-order valence-corrected chi connectivity index (χ0v) is 20.1. The summed E-state index contributed by atoms with van der Waals surface area (Å²) in [5, 5.41) is 15.8. The molecule has 2 aromatic carbocycles. The van der Waals surface area contributed by atoms with E-state index in [-0.39, 0.29) is 17.8 Å². The molecule has 4 aromatic rings. The zero-order valence-electron chi connectivity index (χ0n) is 18.5. The quantitative estimate of drug-likeness (QED) is 0.207. The number of ether oxygens (including phenoxy) is 1. The molecule has 2 aromatic heterocycles. The highest BCUT2D eigenvalue weighted by molar-refractivity contribution is 7.80. The molecule has 0 radical (unpaired) electrons. The summed E-state index contributed by atoms with van der Waals surface area (Å²) in [5.41, 5.74) is 3.16. The molecule has 8 nitrogen and oxygen atoms in total. The van der Waals surface area contributed by atoms with Crippen molar-refractivity contribution in [2.75, 3.05) is 12.0 Å². The van der Waals surface area contributed by atoms with E-state index >= 15 is 0 Å². The minimum atomic E-state index is -0.402. The Hall–Kier alpha value is -3.95. The maximum absolute atomic E-state index is 11.4. The molecule has 5 rings (SSSR count). The normalized spacial score (nSPS) is 17.3. The molecule has 0 spiro atoms. The van der Waals surface area contributed by atoms with Crippen LogP contribution in [0.25, 0.3) is 5.69 Å². The van der Waals surface area contributed by atoms with E-state index in [4.69, 9.17) is 28.6 Å². The Morgan fingerprint density at radius 3 is 2.66 bits per heavy atom. The van der Waals surface area contributed by atoms with Gasteiger partial charge >= 0.3 is 0 Å². The lowest BCUT2D eigenvalue weighted by Crippen LogP contribution is -2.30. The maximum Gasteiger partial charge on any atom is 0.271 e. The smallest absolute Gasteiger partial charge is 0.271 e. The third kappa shape index (κ3) is 4.20. The molecule has 1 aliphatic rings. The summed E-state index contributed by atoms with van der Waals surface area (Å²) in [6, 6.07) is 21.0. The number of methoxy groups -OCH3 is 1. The number of hydrogen-bond acceptors (Lipinski definition) is 5. The fraction of sp³-hybridized carbons (Fsp3) is 0.120. The number of aromatic nitrogens is 2. The Bertz CT molecular complexity index is 1410. The molecule has 35 heavy (non-hydrogen) atoms. The number of nitrogens with one attached hydrogen (secondary N) is 1. The van der Waals surface area contributed by atoms with Gasteiger partial charge in [0.2, 0.25) is 0 Å². The van der Waals surface area contributed by atoms with Crippen molar-refractivity contribution in [3.63, 3.8) is 0 Å². The molecule has 1 fully saturated rings. The summed E-state index contributed by atoms with van der Waals surface area (Å²) in [7, 11) is 1.56. The van der Waals surface area contributed by atoms with Gasteiger partial charge in [-0.15, -0.1) is 0 Å². The SMILES string of the molecule is COc1ccc(N2C(=S)N[C@H](c3ccccn3)[C@@H]2c2cccn2-c2cccc([N+](=O)[O-])c2)cc1Cl. The summed E-state index contributed by atoms with van der Waals surface area (Å²) >= 11 is 12.2. The Kier molecular flexibility index (Phi) is 6.10. The van der Waals surface area contributed by atoms with Gasteiger partial charge < -0.3 is 19.5 Å². The van der Waals surface area contributed by atoms with Gasteiger partial charge in [0.05, 0.1) is 34.5 Å². The number of non-ortho nitro benzene ring substituents is 1. The van der Waals surface area contributed by atoms with Gasteiger partial charge in [0.15, 0.2) is 5.11 Å². The first-order valence-electron chi connectivity index (χ1n) is 10.7. The Morgan fingerprint density at radius 1 is 1.09 bits per heavy atom. The van der Waals surface area contributed by atoms with Gasteiger partial charge in [0.25, 0.3) is 5.69 Å². The van der Waals surface area contributed by atoms with Gasteiger partial charge in [-0.25, -0.2) is 0 Å². The van der Waals surface area contributed by atoms with E-state index < -0.39 is 4.92 Å². The summed E-state index contributed by atoms with van der Waals surface area (Å²) < 4.78 is 7.25. The molecule has 1 N–H and O–H groups in total. The molecule has 3 heterocycles. The molecule has 10 heteroatoms. The lowest BCUT2D eigenvalue weighted by molar-refractivity contribution is -0.384. The summed E-state index contributed by atoms with van der Waals surface area (Å²) in [6.45, 7) is 0. The van der Waals surface area contributed by atoms with Crippen molar-refractivity contribution < 1.29 is 9.66 Å². The second-order valence-corrected chi connectivity index (χ2v) is 8.69. The second-order valence-electron chi connectivity index (χ2n) is 7.90. The molecular formula is C25H20ClN5O3S. The van der Waals surface area contributed by atoms with E-state index in [1.807, 2.05) is 64.2 Å². The van der Waals surface area contributed by atoms with Crippen molar-refractivity contribution in [2.24, 2.45) is 0 Å². The van der Waals surface area contributed by atoms with Crippen LogP contribution in [0.4, 0.5) is 11.4 Å². The molecule has 2 atom stereocenters. The van der Waals surface area contributed by atoms with Crippen LogP contribution in [-0.2, 0) is 0 Å². The van der Waals surface area contributed by atoms with Crippen molar-refractivity contribution in [1.29, 1.82) is 0 Å². The first-order valence-corrected chi connectivity index (χ1v) is 11.5. The Morgan fingerprint density at radius 2 is 1.94 bits per heavy atom. The number of nitro benzene ring substituents is 1. The molecule has 0 bridgehead atoms. The van der Waals surface area contributed by atoms with Crippen molar-refractivity contribution in [2.45, 2.75) is 12.1 Å². The minimum absolute atomic E-state index is 0.0160. The van der Waals surface area contributed by atoms with Crippen LogP contribution in [0.1, 0.15) is 23.5 Å². The predicted octanol–water partition coefficient (Wildman–Crippen LogP) is 5.62. The van der Waals surface area contributed by atoms with Gasteiger partial charge in [-0.3, -0.25) is 15.1 Å². The second kappa shape index (κ2) is 9.36. The molecular weight excluding hydrogens is 486 g/mol. The number of anilines is 1. The van der Waals surface area contributed by atoms with Crippen LogP contribution in [-0.4, -0.2) is 26.7 Å². The molecule has 0 saturated carbocycles. The van der Waals surface area contributed by atoms with Crippen LogP contribution in [0.2, 0.25) is 5.02 Å². The number of nitro groups is 1. The lowest BCUT2D eigenvalue weighted by Gasteiger charge is -2.29. The standard InChI is InChI=1S/C25H20ClN5O3S/c1-34-22-11-10-17(15-19(22)26)30-24(23(28-25(30)35)20-8-2-3-12-27-20)21-9-5-13-29(21)16-6-4-7-18(14-16)31(32)33/h2-15,23-24H,1H3,(H,28,35)/t23-,24+/m1/s1. The van der Waals surface area contributed by atoms with E-state index in [2.05, 4.69) is 10.3 Å². The van der Waals surface area contributed by atoms with Gasteiger partial charge in [0, 0.05) is 35.9 Å². The fourth-order valence-electron chi connectivity index (χ4n) is 4.37.